The fourth-order valence-electron chi connectivity index (χ4n) is 5.04. The standard InChI is InChI=1S/C26H31N5O4/c1-4-15(2)17-11-22(25(33)29-18(13-27)10-16-8-9-28-24(16)32)31(14-17)26(34)21-12-19-20(30-21)6-5-7-23(19)35-3/h5-7,12,16-18,22,30H,2,4,8-11,14H2,1,3H3,(H,28,32)(H,29,33)/t16-,17?,18-,22-/m0/s1. The Kier molecular flexibility index (Phi) is 7.10. The second-order valence-electron chi connectivity index (χ2n) is 9.22. The minimum absolute atomic E-state index is 0.0141. The number of likely N-dealkylation sites (tertiary alicyclic amines) is 1. The highest BCUT2D eigenvalue weighted by molar-refractivity contribution is 6.01. The van der Waals surface area contributed by atoms with Gasteiger partial charge in [0.25, 0.3) is 5.91 Å². The predicted molar refractivity (Wildman–Crippen MR) is 130 cm³/mol. The monoisotopic (exact) mass is 477 g/mol. The van der Waals surface area contributed by atoms with Crippen molar-refractivity contribution in [3.63, 3.8) is 0 Å². The molecule has 3 N–H and O–H groups in total. The van der Waals surface area contributed by atoms with Gasteiger partial charge < -0.3 is 25.3 Å². The van der Waals surface area contributed by atoms with Crippen molar-refractivity contribution in [2.75, 3.05) is 20.2 Å². The van der Waals surface area contributed by atoms with Crippen LogP contribution >= 0.6 is 0 Å². The normalized spacial score (nSPS) is 22.5. The maximum atomic E-state index is 13.6. The van der Waals surface area contributed by atoms with Crippen molar-refractivity contribution in [2.45, 2.75) is 44.7 Å². The van der Waals surface area contributed by atoms with Gasteiger partial charge in [-0.25, -0.2) is 0 Å². The number of aromatic amines is 1. The number of nitriles is 1. The largest absolute Gasteiger partial charge is 0.496 e. The molecule has 4 atom stereocenters. The van der Waals surface area contributed by atoms with Crippen molar-refractivity contribution in [3.8, 4) is 11.8 Å². The minimum Gasteiger partial charge on any atom is -0.496 e. The molecule has 1 unspecified atom stereocenters. The van der Waals surface area contributed by atoms with Gasteiger partial charge in [-0.15, -0.1) is 0 Å². The molecule has 2 aromatic rings. The van der Waals surface area contributed by atoms with Gasteiger partial charge in [-0.05, 0) is 49.8 Å². The van der Waals surface area contributed by atoms with Crippen LogP contribution in [-0.4, -0.2) is 59.9 Å². The number of amides is 3. The van der Waals surface area contributed by atoms with E-state index < -0.39 is 12.1 Å². The number of rotatable bonds is 8. The first-order valence-electron chi connectivity index (χ1n) is 12.0. The van der Waals surface area contributed by atoms with Crippen molar-refractivity contribution >= 4 is 28.6 Å². The summed E-state index contributed by atoms with van der Waals surface area (Å²) in [6.45, 7) is 7.09. The van der Waals surface area contributed by atoms with E-state index in [0.29, 0.717) is 37.4 Å². The van der Waals surface area contributed by atoms with Crippen LogP contribution < -0.4 is 15.4 Å². The zero-order valence-electron chi connectivity index (χ0n) is 20.1. The average molecular weight is 478 g/mol. The Bertz CT molecular complexity index is 1200. The molecule has 0 bridgehead atoms. The number of hydrogen-bond donors (Lipinski definition) is 3. The summed E-state index contributed by atoms with van der Waals surface area (Å²) < 4.78 is 5.41. The molecule has 2 aliphatic heterocycles. The summed E-state index contributed by atoms with van der Waals surface area (Å²) in [4.78, 5) is 43.6. The smallest absolute Gasteiger partial charge is 0.271 e. The molecular formula is C26H31N5O4. The van der Waals surface area contributed by atoms with E-state index in [1.807, 2.05) is 25.1 Å². The number of H-pyrrole nitrogens is 1. The number of hydrogen-bond acceptors (Lipinski definition) is 5. The molecule has 2 aliphatic rings. The quantitative estimate of drug-likeness (QED) is 0.504. The lowest BCUT2D eigenvalue weighted by Crippen LogP contribution is -2.49. The van der Waals surface area contributed by atoms with E-state index in [9.17, 15) is 19.6 Å². The van der Waals surface area contributed by atoms with Gasteiger partial charge in [0.1, 0.15) is 23.5 Å². The molecule has 9 nitrogen and oxygen atoms in total. The second-order valence-corrected chi connectivity index (χ2v) is 9.22. The summed E-state index contributed by atoms with van der Waals surface area (Å²) in [6.07, 6.45) is 2.09. The predicted octanol–water partition coefficient (Wildman–Crippen LogP) is 2.51. The lowest BCUT2D eigenvalue weighted by atomic mass is 9.95. The number of aromatic nitrogens is 1. The summed E-state index contributed by atoms with van der Waals surface area (Å²) in [5.41, 5.74) is 2.11. The van der Waals surface area contributed by atoms with Crippen LogP contribution in [0.2, 0.25) is 0 Å². The third kappa shape index (κ3) is 4.87. The molecule has 184 valence electrons. The van der Waals surface area contributed by atoms with Gasteiger partial charge in [0.05, 0.1) is 13.2 Å². The average Bonchev–Trinajstić information content (AvgIpc) is 3.60. The number of nitrogens with zero attached hydrogens (tertiary/aromatic N) is 2. The van der Waals surface area contributed by atoms with E-state index in [1.165, 1.54) is 0 Å². The first-order valence-corrected chi connectivity index (χ1v) is 12.0. The molecule has 4 rings (SSSR count). The Hall–Kier alpha value is -3.80. The summed E-state index contributed by atoms with van der Waals surface area (Å²) in [7, 11) is 1.58. The molecule has 3 amide bonds. The molecule has 35 heavy (non-hydrogen) atoms. The van der Waals surface area contributed by atoms with Crippen LogP contribution in [0.1, 0.15) is 43.1 Å². The lowest BCUT2D eigenvalue weighted by Gasteiger charge is -2.25. The van der Waals surface area contributed by atoms with Crippen molar-refractivity contribution in [2.24, 2.45) is 11.8 Å². The zero-order valence-corrected chi connectivity index (χ0v) is 20.1. The molecule has 9 heteroatoms. The molecule has 1 aromatic heterocycles. The van der Waals surface area contributed by atoms with Crippen LogP contribution in [0.5, 0.6) is 5.75 Å². The van der Waals surface area contributed by atoms with Crippen LogP contribution in [0.25, 0.3) is 10.9 Å². The van der Waals surface area contributed by atoms with Crippen molar-refractivity contribution in [1.82, 2.24) is 20.5 Å². The van der Waals surface area contributed by atoms with Gasteiger partial charge in [-0.2, -0.15) is 5.26 Å². The number of carbonyl (C=O) groups is 3. The molecule has 2 fully saturated rings. The first-order chi connectivity index (χ1) is 16.9. The molecule has 3 heterocycles. The van der Waals surface area contributed by atoms with Gasteiger partial charge in [0.2, 0.25) is 11.8 Å². The molecule has 0 spiro atoms. The topological polar surface area (TPSA) is 127 Å². The third-order valence-corrected chi connectivity index (χ3v) is 7.13. The highest BCUT2D eigenvalue weighted by Crippen LogP contribution is 2.33. The number of benzene rings is 1. The van der Waals surface area contributed by atoms with Crippen LogP contribution in [0, 0.1) is 23.2 Å². The summed E-state index contributed by atoms with van der Waals surface area (Å²) in [6, 6.07) is 7.82. The van der Waals surface area contributed by atoms with E-state index in [1.54, 1.807) is 18.1 Å². The Labute approximate surface area is 204 Å². The Morgan fingerprint density at radius 3 is 2.86 bits per heavy atom. The first kappa shape index (κ1) is 24.3. The summed E-state index contributed by atoms with van der Waals surface area (Å²) in [5, 5.41) is 15.9. The maximum Gasteiger partial charge on any atom is 0.271 e. The van der Waals surface area contributed by atoms with Gasteiger partial charge in [-0.1, -0.05) is 25.1 Å². The Balaban J connectivity index is 1.56. The SMILES string of the molecule is C=C(CC)C1C[C@@H](C(=O)N[C@H](C#N)C[C@@H]2CCNC2=O)N(C(=O)c2cc3c(OC)cccc3[nH]2)C1. The van der Waals surface area contributed by atoms with Crippen LogP contribution in [0.3, 0.4) is 0 Å². The Morgan fingerprint density at radius 1 is 1.40 bits per heavy atom. The number of fused-ring (bicyclic) bond motifs is 1. The van der Waals surface area contributed by atoms with Crippen LogP contribution in [-0.2, 0) is 9.59 Å². The van der Waals surface area contributed by atoms with Crippen LogP contribution in [0.15, 0.2) is 36.4 Å². The number of ether oxygens (including phenoxy) is 1. The number of methoxy groups -OCH3 is 1. The van der Waals surface area contributed by atoms with E-state index in [2.05, 4.69) is 28.3 Å². The molecule has 0 saturated carbocycles. The molecule has 0 aliphatic carbocycles. The Morgan fingerprint density at radius 2 is 2.20 bits per heavy atom. The summed E-state index contributed by atoms with van der Waals surface area (Å²) in [5.74, 6) is -0.430. The highest BCUT2D eigenvalue weighted by atomic mass is 16.5. The van der Waals surface area contributed by atoms with E-state index in [4.69, 9.17) is 4.74 Å². The second kappa shape index (κ2) is 10.2. The molecule has 1 aromatic carbocycles. The van der Waals surface area contributed by atoms with Gasteiger partial charge >= 0.3 is 0 Å². The number of carbonyl (C=O) groups excluding carboxylic acids is 3. The maximum absolute atomic E-state index is 13.6. The van der Waals surface area contributed by atoms with Crippen LogP contribution in [0.4, 0.5) is 0 Å². The minimum atomic E-state index is -0.806. The van der Waals surface area contributed by atoms with Crippen molar-refractivity contribution in [3.05, 3.63) is 42.1 Å². The zero-order chi connectivity index (χ0) is 25.1. The molecule has 2 saturated heterocycles. The summed E-state index contributed by atoms with van der Waals surface area (Å²) >= 11 is 0. The molecule has 0 radical (unpaired) electrons. The van der Waals surface area contributed by atoms with Gasteiger partial charge in [-0.3, -0.25) is 14.4 Å². The van der Waals surface area contributed by atoms with E-state index in [-0.39, 0.29) is 36.0 Å². The fraction of sp³-hybridized carbons (Fsp3) is 0.462. The molecular weight excluding hydrogens is 446 g/mol. The van der Waals surface area contributed by atoms with Gasteiger partial charge in [0, 0.05) is 29.9 Å². The van der Waals surface area contributed by atoms with Gasteiger partial charge in [0.15, 0.2) is 0 Å². The highest BCUT2D eigenvalue weighted by Gasteiger charge is 2.41. The fourth-order valence-corrected chi connectivity index (χ4v) is 5.04. The third-order valence-electron chi connectivity index (χ3n) is 7.13. The number of nitrogens with one attached hydrogen (secondary N) is 3. The van der Waals surface area contributed by atoms with E-state index >= 15 is 0 Å². The van der Waals surface area contributed by atoms with Crippen molar-refractivity contribution in [1.29, 1.82) is 5.26 Å². The van der Waals surface area contributed by atoms with E-state index in [0.717, 1.165) is 22.9 Å². The van der Waals surface area contributed by atoms with Crippen molar-refractivity contribution < 1.29 is 19.1 Å². The lowest BCUT2D eigenvalue weighted by molar-refractivity contribution is -0.126.